The normalized spacial score (nSPS) is 13.6. The quantitative estimate of drug-likeness (QED) is 0.602. The van der Waals surface area contributed by atoms with E-state index in [-0.39, 0.29) is 12.3 Å². The van der Waals surface area contributed by atoms with Crippen molar-refractivity contribution < 1.29 is 24.2 Å². The molecule has 0 fully saturated rings. The van der Waals surface area contributed by atoms with E-state index in [9.17, 15) is 14.4 Å². The fourth-order valence-corrected chi connectivity index (χ4v) is 1.64. The summed E-state index contributed by atoms with van der Waals surface area (Å²) in [5, 5.41) is 8.75. The number of nitrogens with zero attached hydrogens (tertiary/aromatic N) is 1. The molecule has 0 saturated carbocycles. The number of carbonyl (C=O) groups is 3. The Morgan fingerprint density at radius 2 is 1.72 bits per heavy atom. The average molecular weight is 260 g/mol. The molecule has 0 aromatic heterocycles. The summed E-state index contributed by atoms with van der Waals surface area (Å²) in [6, 6.07) is 0. The van der Waals surface area contributed by atoms with E-state index in [2.05, 4.69) is 4.74 Å². The van der Waals surface area contributed by atoms with Gasteiger partial charge in [0.15, 0.2) is 0 Å². The van der Waals surface area contributed by atoms with Crippen molar-refractivity contribution in [1.82, 2.24) is 4.90 Å². The number of nitrogens with two attached hydrogens (primary N) is 1. The first kappa shape index (κ1) is 16.4. The number of hydrogen-bond donors (Lipinski definition) is 2. The van der Waals surface area contributed by atoms with Crippen LogP contribution in [0.25, 0.3) is 0 Å². The number of methoxy groups -OCH3 is 1. The van der Waals surface area contributed by atoms with Crippen LogP contribution in [0.15, 0.2) is 0 Å². The van der Waals surface area contributed by atoms with Crippen LogP contribution in [0, 0.1) is 0 Å². The second-order valence-corrected chi connectivity index (χ2v) is 3.96. The molecule has 0 aromatic rings. The Bertz CT molecular complexity index is 327. The van der Waals surface area contributed by atoms with Crippen molar-refractivity contribution in [2.45, 2.75) is 32.2 Å². The number of carboxylic acid groups (broad SMARTS) is 1. The van der Waals surface area contributed by atoms with E-state index >= 15 is 0 Å². The van der Waals surface area contributed by atoms with Crippen LogP contribution >= 0.6 is 0 Å². The maximum absolute atomic E-state index is 11.9. The van der Waals surface area contributed by atoms with Gasteiger partial charge in [-0.25, -0.2) is 0 Å². The molecular weight excluding hydrogens is 240 g/mol. The highest BCUT2D eigenvalue weighted by Crippen LogP contribution is 2.16. The molecule has 104 valence electrons. The Morgan fingerprint density at radius 3 is 2.06 bits per heavy atom. The molecule has 7 nitrogen and oxygen atoms in total. The van der Waals surface area contributed by atoms with Gasteiger partial charge in [0.25, 0.3) is 0 Å². The third-order valence-electron chi connectivity index (χ3n) is 2.64. The third-order valence-corrected chi connectivity index (χ3v) is 2.64. The largest absolute Gasteiger partial charge is 0.481 e. The Balaban J connectivity index is 4.95. The number of ether oxygens (including phenoxy) is 1. The Morgan fingerprint density at radius 1 is 1.22 bits per heavy atom. The number of hydrogen-bond acceptors (Lipinski definition) is 5. The zero-order chi connectivity index (χ0) is 14.3. The Labute approximate surface area is 106 Å². The summed E-state index contributed by atoms with van der Waals surface area (Å²) in [5.74, 6) is -2.52. The summed E-state index contributed by atoms with van der Waals surface area (Å²) in [5.41, 5.74) is 3.88. The van der Waals surface area contributed by atoms with Gasteiger partial charge in [0, 0.05) is 13.1 Å². The predicted octanol–water partition coefficient (Wildman–Crippen LogP) is -0.410. The third kappa shape index (κ3) is 4.33. The van der Waals surface area contributed by atoms with Gasteiger partial charge in [-0.2, -0.15) is 0 Å². The summed E-state index contributed by atoms with van der Waals surface area (Å²) in [7, 11) is 1.10. The lowest BCUT2D eigenvalue weighted by Crippen LogP contribution is -2.53. The number of carbonyl (C=O) groups excluding carboxylic acids is 2. The van der Waals surface area contributed by atoms with Crippen LogP contribution in [0.3, 0.4) is 0 Å². The highest BCUT2D eigenvalue weighted by atomic mass is 16.5. The molecule has 0 aliphatic heterocycles. The second kappa shape index (κ2) is 6.95. The molecule has 0 bridgehead atoms. The predicted molar refractivity (Wildman–Crippen MR) is 63.7 cm³/mol. The molecule has 0 aliphatic carbocycles. The highest BCUT2D eigenvalue weighted by Gasteiger charge is 2.40. The van der Waals surface area contributed by atoms with Gasteiger partial charge in [-0.3, -0.25) is 14.4 Å². The lowest BCUT2D eigenvalue weighted by molar-refractivity contribution is -0.155. The lowest BCUT2D eigenvalue weighted by Gasteiger charge is -2.27. The fourth-order valence-electron chi connectivity index (χ4n) is 1.64. The molecule has 0 radical (unpaired) electrons. The van der Waals surface area contributed by atoms with Crippen LogP contribution in [0.2, 0.25) is 0 Å². The zero-order valence-corrected chi connectivity index (χ0v) is 10.9. The fraction of sp³-hybridized carbons (Fsp3) is 0.727. The summed E-state index contributed by atoms with van der Waals surface area (Å²) in [6.45, 7) is 4.52. The molecule has 0 spiro atoms. The molecule has 0 saturated heterocycles. The van der Waals surface area contributed by atoms with E-state index in [1.54, 1.807) is 13.8 Å². The van der Waals surface area contributed by atoms with Crippen molar-refractivity contribution in [3.05, 3.63) is 0 Å². The van der Waals surface area contributed by atoms with Crippen molar-refractivity contribution in [3.8, 4) is 0 Å². The maximum Gasteiger partial charge on any atom is 0.326 e. The van der Waals surface area contributed by atoms with Gasteiger partial charge < -0.3 is 20.5 Å². The van der Waals surface area contributed by atoms with Gasteiger partial charge in [0.2, 0.25) is 5.91 Å². The van der Waals surface area contributed by atoms with E-state index in [0.29, 0.717) is 13.1 Å². The number of rotatable bonds is 7. The van der Waals surface area contributed by atoms with Gasteiger partial charge in [-0.1, -0.05) is 0 Å². The minimum atomic E-state index is -1.82. The monoisotopic (exact) mass is 260 g/mol. The van der Waals surface area contributed by atoms with Crippen LogP contribution in [0.1, 0.15) is 26.7 Å². The molecule has 1 amide bonds. The van der Waals surface area contributed by atoms with Crippen LogP contribution in [-0.4, -0.2) is 53.6 Å². The van der Waals surface area contributed by atoms with Crippen LogP contribution in [0.5, 0.6) is 0 Å². The topological polar surface area (TPSA) is 110 Å². The second-order valence-electron chi connectivity index (χ2n) is 3.96. The first-order chi connectivity index (χ1) is 8.30. The Kier molecular flexibility index (Phi) is 6.32. The summed E-state index contributed by atoms with van der Waals surface area (Å²) in [4.78, 5) is 35.6. The maximum atomic E-state index is 11.9. The van der Waals surface area contributed by atoms with Crippen LogP contribution < -0.4 is 5.73 Å². The van der Waals surface area contributed by atoms with Gasteiger partial charge >= 0.3 is 11.9 Å². The standard InChI is InChI=1S/C11H20N2O5/c1-4-13(5-2)8(14)6-11(12,7-9(15)16)10(17)18-3/h4-7,12H2,1-3H3,(H,15,16). The van der Waals surface area contributed by atoms with Gasteiger partial charge in [0.1, 0.15) is 5.54 Å². The molecule has 7 heteroatoms. The van der Waals surface area contributed by atoms with Gasteiger partial charge in [-0.05, 0) is 13.8 Å². The van der Waals surface area contributed by atoms with E-state index in [0.717, 1.165) is 7.11 Å². The molecule has 0 aliphatic rings. The van der Waals surface area contributed by atoms with Crippen molar-refractivity contribution >= 4 is 17.8 Å². The molecular formula is C11H20N2O5. The van der Waals surface area contributed by atoms with E-state index in [4.69, 9.17) is 10.8 Å². The van der Waals surface area contributed by atoms with E-state index in [1.165, 1.54) is 4.90 Å². The first-order valence-corrected chi connectivity index (χ1v) is 5.67. The van der Waals surface area contributed by atoms with Crippen LogP contribution in [0.4, 0.5) is 0 Å². The molecule has 1 atom stereocenters. The number of carboxylic acids is 1. The van der Waals surface area contributed by atoms with E-state index < -0.39 is 23.9 Å². The van der Waals surface area contributed by atoms with Crippen molar-refractivity contribution in [1.29, 1.82) is 0 Å². The van der Waals surface area contributed by atoms with Crippen molar-refractivity contribution in [2.24, 2.45) is 5.73 Å². The number of esters is 1. The van der Waals surface area contributed by atoms with Gasteiger partial charge in [-0.15, -0.1) is 0 Å². The SMILES string of the molecule is CCN(CC)C(=O)CC(N)(CC(=O)O)C(=O)OC. The molecule has 0 aromatic carbocycles. The average Bonchev–Trinajstić information content (AvgIpc) is 2.28. The number of aliphatic carboxylic acids is 1. The van der Waals surface area contributed by atoms with E-state index in [1.807, 2.05) is 0 Å². The molecule has 3 N–H and O–H groups in total. The lowest BCUT2D eigenvalue weighted by atomic mass is 9.91. The smallest absolute Gasteiger partial charge is 0.326 e. The minimum absolute atomic E-state index is 0.367. The first-order valence-electron chi connectivity index (χ1n) is 5.67. The van der Waals surface area contributed by atoms with Crippen molar-refractivity contribution in [2.75, 3.05) is 20.2 Å². The molecule has 18 heavy (non-hydrogen) atoms. The zero-order valence-electron chi connectivity index (χ0n) is 10.9. The molecule has 1 unspecified atom stereocenters. The van der Waals surface area contributed by atoms with Crippen molar-refractivity contribution in [3.63, 3.8) is 0 Å². The summed E-state index contributed by atoms with van der Waals surface area (Å²) >= 11 is 0. The van der Waals surface area contributed by atoms with Gasteiger partial charge in [0.05, 0.1) is 20.0 Å². The summed E-state index contributed by atoms with van der Waals surface area (Å²) in [6.07, 6.45) is -1.03. The highest BCUT2D eigenvalue weighted by molar-refractivity contribution is 5.92. The molecule has 0 rings (SSSR count). The minimum Gasteiger partial charge on any atom is -0.481 e. The molecule has 0 heterocycles. The number of amides is 1. The van der Waals surface area contributed by atoms with Crippen LogP contribution in [-0.2, 0) is 19.1 Å². The summed E-state index contributed by atoms with van der Waals surface area (Å²) < 4.78 is 4.47. The Hall–Kier alpha value is -1.63.